The minimum absolute atomic E-state index is 0.228. The summed E-state index contributed by atoms with van der Waals surface area (Å²) in [5, 5.41) is 44.8. The van der Waals surface area contributed by atoms with Crippen LogP contribution in [-0.2, 0) is 28.9 Å². The van der Waals surface area contributed by atoms with Crippen molar-refractivity contribution in [3.05, 3.63) is 0 Å². The molecule has 0 spiro atoms. The highest BCUT2D eigenvalue weighted by molar-refractivity contribution is 7.80. The van der Waals surface area contributed by atoms with Gasteiger partial charge in [0, 0.05) is 6.42 Å². The van der Waals surface area contributed by atoms with E-state index in [9.17, 15) is 33.6 Å². The van der Waals surface area contributed by atoms with Crippen molar-refractivity contribution in [2.45, 2.75) is 249 Å². The quantitative estimate of drug-likeness (QED) is 0.0260. The summed E-state index contributed by atoms with van der Waals surface area (Å²) in [6, 6.07) is -0.850. The molecule has 328 valence electrons. The molecule has 0 bridgehead atoms. The van der Waals surface area contributed by atoms with Gasteiger partial charge < -0.3 is 35.2 Å². The molecule has 0 radical (unpaired) electrons. The molecule has 7 unspecified atom stereocenters. The Kier molecular flexibility index (Phi) is 32.2. The van der Waals surface area contributed by atoms with Crippen LogP contribution >= 0.6 is 0 Å². The lowest BCUT2D eigenvalue weighted by atomic mass is 9.99. The molecule has 13 heteroatoms. The van der Waals surface area contributed by atoms with Crippen molar-refractivity contribution >= 4 is 16.3 Å². The number of carbonyl (C=O) groups excluding carboxylic acids is 1. The van der Waals surface area contributed by atoms with Gasteiger partial charge in [0.15, 0.2) is 6.29 Å². The van der Waals surface area contributed by atoms with Gasteiger partial charge in [-0.15, -0.1) is 0 Å². The Morgan fingerprint density at radius 3 is 1.45 bits per heavy atom. The van der Waals surface area contributed by atoms with E-state index in [4.69, 9.17) is 14.0 Å². The minimum atomic E-state index is -5.07. The highest BCUT2D eigenvalue weighted by atomic mass is 32.3. The molecular weight excluding hydrogens is 727 g/mol. The molecular formula is C42H83NO11S. The van der Waals surface area contributed by atoms with E-state index in [1.165, 1.54) is 128 Å². The van der Waals surface area contributed by atoms with Crippen LogP contribution in [0.1, 0.15) is 206 Å². The fourth-order valence-electron chi connectivity index (χ4n) is 7.40. The third kappa shape index (κ3) is 27.4. The van der Waals surface area contributed by atoms with Crippen LogP contribution in [0.25, 0.3) is 0 Å². The van der Waals surface area contributed by atoms with Gasteiger partial charge in [0.2, 0.25) is 5.91 Å². The first-order chi connectivity index (χ1) is 26.5. The second-order valence-corrected chi connectivity index (χ2v) is 17.0. The largest absolute Gasteiger partial charge is 0.397 e. The van der Waals surface area contributed by atoms with E-state index in [2.05, 4.69) is 23.3 Å². The second kappa shape index (κ2) is 34.0. The highest BCUT2D eigenvalue weighted by Crippen LogP contribution is 2.26. The van der Waals surface area contributed by atoms with Crippen LogP contribution in [0.15, 0.2) is 0 Å². The molecule has 1 rings (SSSR count). The first-order valence-corrected chi connectivity index (χ1v) is 23.8. The molecule has 12 nitrogen and oxygen atoms in total. The molecule has 1 saturated heterocycles. The second-order valence-electron chi connectivity index (χ2n) is 16.0. The van der Waals surface area contributed by atoms with Crippen LogP contribution in [0.3, 0.4) is 0 Å². The molecule has 55 heavy (non-hydrogen) atoms. The average Bonchev–Trinajstić information content (AvgIpc) is 3.15. The molecule has 6 N–H and O–H groups in total. The third-order valence-electron chi connectivity index (χ3n) is 10.9. The van der Waals surface area contributed by atoms with E-state index in [0.29, 0.717) is 12.8 Å². The zero-order valence-electron chi connectivity index (χ0n) is 34.8. The van der Waals surface area contributed by atoms with Crippen molar-refractivity contribution in [1.29, 1.82) is 0 Å². The summed E-state index contributed by atoms with van der Waals surface area (Å²) >= 11 is 0. The van der Waals surface area contributed by atoms with E-state index in [0.717, 1.165) is 51.4 Å². The standard InChI is InChI=1S/C42H83NO11S/c1-3-5-7-9-11-13-15-17-18-20-21-23-25-27-29-31-36(45)35(34-52-42-40(48)41(54-55(49,50)51)39(47)37(33-44)53-42)43-38(46)32-30-28-26-24-22-19-16-14-12-10-8-6-4-2/h35-37,39-42,44-45,47-48H,3-34H2,1-2H3,(H,43,46)(H,49,50,51). The summed E-state index contributed by atoms with van der Waals surface area (Å²) in [6.07, 6.45) is 25.3. The van der Waals surface area contributed by atoms with Crippen LogP contribution < -0.4 is 5.32 Å². The fourth-order valence-corrected chi connectivity index (χ4v) is 7.91. The van der Waals surface area contributed by atoms with Crippen molar-refractivity contribution in [2.75, 3.05) is 13.2 Å². The van der Waals surface area contributed by atoms with Crippen LogP contribution in [0.4, 0.5) is 0 Å². The van der Waals surface area contributed by atoms with Crippen LogP contribution in [-0.4, -0.2) is 95.4 Å². The molecule has 0 aromatic rings. The molecule has 1 aliphatic rings. The smallest absolute Gasteiger partial charge is 0.394 e. The summed E-state index contributed by atoms with van der Waals surface area (Å²) in [4.78, 5) is 13.0. The van der Waals surface area contributed by atoms with Crippen LogP contribution in [0, 0.1) is 0 Å². The maximum absolute atomic E-state index is 13.0. The van der Waals surface area contributed by atoms with Crippen molar-refractivity contribution in [2.24, 2.45) is 0 Å². The minimum Gasteiger partial charge on any atom is -0.394 e. The van der Waals surface area contributed by atoms with Crippen molar-refractivity contribution in [1.82, 2.24) is 5.32 Å². The van der Waals surface area contributed by atoms with Gasteiger partial charge in [0.25, 0.3) is 0 Å². The molecule has 1 heterocycles. The maximum Gasteiger partial charge on any atom is 0.397 e. The van der Waals surface area contributed by atoms with Gasteiger partial charge in [-0.25, -0.2) is 4.18 Å². The van der Waals surface area contributed by atoms with E-state index >= 15 is 0 Å². The molecule has 0 aliphatic carbocycles. The van der Waals surface area contributed by atoms with Gasteiger partial charge in [0.05, 0.1) is 25.4 Å². The lowest BCUT2D eigenvalue weighted by Gasteiger charge is -2.41. The van der Waals surface area contributed by atoms with Gasteiger partial charge in [-0.2, -0.15) is 8.42 Å². The van der Waals surface area contributed by atoms with Crippen molar-refractivity contribution < 1.29 is 51.8 Å². The lowest BCUT2D eigenvalue weighted by Crippen LogP contribution is -2.61. The summed E-state index contributed by atoms with van der Waals surface area (Å²) in [7, 11) is -5.07. The number of amides is 1. The highest BCUT2D eigenvalue weighted by Gasteiger charge is 2.48. The number of unbranched alkanes of at least 4 members (excludes halogenated alkanes) is 26. The molecule has 0 aromatic carbocycles. The van der Waals surface area contributed by atoms with Crippen molar-refractivity contribution in [3.8, 4) is 0 Å². The maximum atomic E-state index is 13.0. The van der Waals surface area contributed by atoms with Crippen molar-refractivity contribution in [3.63, 3.8) is 0 Å². The van der Waals surface area contributed by atoms with E-state index < -0.39 is 59.9 Å². The Hall–Kier alpha value is -0.900. The van der Waals surface area contributed by atoms with Gasteiger partial charge in [-0.1, -0.05) is 187 Å². The number of nitrogens with one attached hydrogen (secondary N) is 1. The van der Waals surface area contributed by atoms with E-state index in [1.807, 2.05) is 0 Å². The zero-order valence-corrected chi connectivity index (χ0v) is 35.6. The summed E-state index contributed by atoms with van der Waals surface area (Å²) in [5.74, 6) is -0.228. The number of hydrogen-bond donors (Lipinski definition) is 6. The Balaban J connectivity index is 2.52. The van der Waals surface area contributed by atoms with E-state index in [1.54, 1.807) is 0 Å². The zero-order chi connectivity index (χ0) is 40.6. The third-order valence-corrected chi connectivity index (χ3v) is 11.4. The number of rotatable bonds is 38. The normalized spacial score (nSPS) is 21.5. The Labute approximate surface area is 335 Å². The monoisotopic (exact) mass is 810 g/mol. The van der Waals surface area contributed by atoms with Crippen LogP contribution in [0.5, 0.6) is 0 Å². The molecule has 7 atom stereocenters. The predicted molar refractivity (Wildman–Crippen MR) is 218 cm³/mol. The summed E-state index contributed by atoms with van der Waals surface area (Å²) in [6.45, 7) is 3.44. The Morgan fingerprint density at radius 2 is 1.05 bits per heavy atom. The number of ether oxygens (including phenoxy) is 2. The topological polar surface area (TPSA) is 192 Å². The molecule has 1 fully saturated rings. The average molecular weight is 810 g/mol. The first kappa shape index (κ1) is 52.1. The fraction of sp³-hybridized carbons (Fsp3) is 0.976. The molecule has 1 aliphatic heterocycles. The van der Waals surface area contributed by atoms with Gasteiger partial charge in [-0.05, 0) is 12.8 Å². The van der Waals surface area contributed by atoms with Gasteiger partial charge >= 0.3 is 10.4 Å². The number of aliphatic hydroxyl groups is 4. The molecule has 1 amide bonds. The Morgan fingerprint density at radius 1 is 0.655 bits per heavy atom. The SMILES string of the molecule is CCCCCCCCCCCCCCCCCC(O)C(COC1OC(CO)C(O)C(OS(=O)(=O)O)C1O)NC(=O)CCCCCCCCCCCCCCC. The molecule has 0 saturated carbocycles. The molecule has 0 aromatic heterocycles. The van der Waals surface area contributed by atoms with E-state index in [-0.39, 0.29) is 12.5 Å². The van der Waals surface area contributed by atoms with Crippen LogP contribution in [0.2, 0.25) is 0 Å². The summed E-state index contributed by atoms with van der Waals surface area (Å²) < 4.78 is 47.6. The number of hydrogen-bond acceptors (Lipinski definition) is 10. The first-order valence-electron chi connectivity index (χ1n) is 22.4. The Bertz CT molecular complexity index is 1000. The van der Waals surface area contributed by atoms with Gasteiger partial charge in [-0.3, -0.25) is 9.35 Å². The number of carbonyl (C=O) groups is 1. The predicted octanol–water partition coefficient (Wildman–Crippen LogP) is 8.22. The van der Waals surface area contributed by atoms with Gasteiger partial charge in [0.1, 0.15) is 24.4 Å². The summed E-state index contributed by atoms with van der Waals surface area (Å²) in [5.41, 5.74) is 0. The lowest BCUT2D eigenvalue weighted by molar-refractivity contribution is -0.298. The number of aliphatic hydroxyl groups excluding tert-OH is 4.